The largest absolute Gasteiger partial charge is 0.340 e. The van der Waals surface area contributed by atoms with Gasteiger partial charge in [-0.2, -0.15) is 8.42 Å². The molecular weight excluding hydrogens is 365 g/mol. The van der Waals surface area contributed by atoms with Crippen molar-refractivity contribution in [2.24, 2.45) is 5.84 Å². The van der Waals surface area contributed by atoms with Gasteiger partial charge in [0.25, 0.3) is 10.1 Å². The van der Waals surface area contributed by atoms with Crippen molar-refractivity contribution in [3.63, 3.8) is 0 Å². The van der Waals surface area contributed by atoms with E-state index in [1.165, 1.54) is 24.3 Å². The molecule has 0 fully saturated rings. The van der Waals surface area contributed by atoms with E-state index in [4.69, 9.17) is 33.6 Å². The third-order valence-corrected chi connectivity index (χ3v) is 4.49. The number of amides is 2. The van der Waals surface area contributed by atoms with Crippen LogP contribution in [0.4, 0.5) is 16.2 Å². The number of halogens is 2. The summed E-state index contributed by atoms with van der Waals surface area (Å²) in [6, 6.07) is 8.79. The molecule has 0 aliphatic rings. The van der Waals surface area contributed by atoms with E-state index >= 15 is 0 Å². The lowest BCUT2D eigenvalue weighted by Crippen LogP contribution is -2.40. The van der Waals surface area contributed by atoms with Crippen molar-refractivity contribution in [2.45, 2.75) is 4.90 Å². The fourth-order valence-electron chi connectivity index (χ4n) is 1.84. The highest BCUT2D eigenvalue weighted by molar-refractivity contribution is 7.85. The molecule has 0 aromatic heterocycles. The Morgan fingerprint density at radius 1 is 1.04 bits per heavy atom. The lowest BCUT2D eigenvalue weighted by Gasteiger charge is -2.22. The average molecular weight is 376 g/mol. The number of nitrogens with two attached hydrogens (primary N) is 1. The SMILES string of the molecule is NNC(=O)N(c1ccc(S(=O)(=O)O)cc1)c1ccc(Cl)c(Cl)c1. The van der Waals surface area contributed by atoms with E-state index < -0.39 is 16.1 Å². The molecule has 0 radical (unpaired) electrons. The molecule has 0 aliphatic carbocycles. The van der Waals surface area contributed by atoms with Crippen LogP contribution in [0.25, 0.3) is 0 Å². The molecule has 122 valence electrons. The topological polar surface area (TPSA) is 113 Å². The highest BCUT2D eigenvalue weighted by Crippen LogP contribution is 2.32. The van der Waals surface area contributed by atoms with Gasteiger partial charge in [-0.3, -0.25) is 14.9 Å². The summed E-state index contributed by atoms with van der Waals surface area (Å²) in [6.45, 7) is 0. The maximum Gasteiger partial charge on any atom is 0.340 e. The standard InChI is InChI=1S/C13H11Cl2N3O4S/c14-11-6-3-9(7-12(11)15)18(13(19)17-16)8-1-4-10(5-2-8)23(20,21)22/h1-7H,16H2,(H,17,19)(H,20,21,22). The van der Waals surface area contributed by atoms with Crippen molar-refractivity contribution in [1.29, 1.82) is 0 Å². The van der Waals surface area contributed by atoms with Gasteiger partial charge in [0.15, 0.2) is 0 Å². The Bertz CT molecular complexity index is 841. The van der Waals surface area contributed by atoms with Gasteiger partial charge in [0.1, 0.15) is 0 Å². The number of anilines is 2. The fraction of sp³-hybridized carbons (Fsp3) is 0. The molecule has 7 nitrogen and oxygen atoms in total. The summed E-state index contributed by atoms with van der Waals surface area (Å²) in [5.74, 6) is 5.18. The van der Waals surface area contributed by atoms with Gasteiger partial charge in [0, 0.05) is 0 Å². The summed E-state index contributed by atoms with van der Waals surface area (Å²) in [4.78, 5) is 12.9. The molecule has 0 heterocycles. The normalized spacial score (nSPS) is 11.1. The second kappa shape index (κ2) is 6.73. The minimum Gasteiger partial charge on any atom is -0.282 e. The number of hydrazine groups is 1. The molecular formula is C13H11Cl2N3O4S. The van der Waals surface area contributed by atoms with E-state index in [0.717, 1.165) is 17.0 Å². The number of nitrogens with one attached hydrogen (secondary N) is 1. The van der Waals surface area contributed by atoms with Crippen molar-refractivity contribution < 1.29 is 17.8 Å². The summed E-state index contributed by atoms with van der Waals surface area (Å²) in [7, 11) is -4.33. The number of carbonyl (C=O) groups excluding carboxylic acids is 1. The van der Waals surface area contributed by atoms with Gasteiger partial charge in [0.2, 0.25) is 0 Å². The number of nitrogens with zero attached hydrogens (tertiary/aromatic N) is 1. The van der Waals surface area contributed by atoms with Crippen molar-refractivity contribution in [3.05, 3.63) is 52.5 Å². The number of benzene rings is 2. The van der Waals surface area contributed by atoms with Crippen LogP contribution >= 0.6 is 23.2 Å². The lowest BCUT2D eigenvalue weighted by molar-refractivity contribution is 0.249. The number of hydrogen-bond acceptors (Lipinski definition) is 4. The Labute approximate surface area is 142 Å². The minimum atomic E-state index is -4.33. The van der Waals surface area contributed by atoms with E-state index in [1.807, 2.05) is 5.43 Å². The molecule has 2 aromatic carbocycles. The molecule has 2 aromatic rings. The van der Waals surface area contributed by atoms with Crippen molar-refractivity contribution in [2.75, 3.05) is 4.90 Å². The van der Waals surface area contributed by atoms with Crippen LogP contribution in [0.2, 0.25) is 10.0 Å². The van der Waals surface area contributed by atoms with Crippen LogP contribution in [0, 0.1) is 0 Å². The first-order valence-electron chi connectivity index (χ1n) is 6.07. The molecule has 0 bridgehead atoms. The number of carbonyl (C=O) groups is 1. The second-order valence-electron chi connectivity index (χ2n) is 4.35. The summed E-state index contributed by atoms with van der Waals surface area (Å²) in [5, 5.41) is 0.541. The van der Waals surface area contributed by atoms with Gasteiger partial charge in [-0.15, -0.1) is 0 Å². The number of hydrogen-bond donors (Lipinski definition) is 3. The third-order valence-electron chi connectivity index (χ3n) is 2.88. The zero-order valence-corrected chi connectivity index (χ0v) is 13.7. The van der Waals surface area contributed by atoms with Crippen molar-refractivity contribution >= 4 is 50.7 Å². The van der Waals surface area contributed by atoms with Crippen molar-refractivity contribution in [3.8, 4) is 0 Å². The summed E-state index contributed by atoms with van der Waals surface area (Å²) in [6.07, 6.45) is 0. The summed E-state index contributed by atoms with van der Waals surface area (Å²) in [5.41, 5.74) is 2.65. The molecule has 0 spiro atoms. The van der Waals surface area contributed by atoms with E-state index in [-0.39, 0.29) is 9.92 Å². The van der Waals surface area contributed by atoms with E-state index in [9.17, 15) is 13.2 Å². The Kier molecular flexibility index (Phi) is 5.12. The lowest BCUT2D eigenvalue weighted by atomic mass is 10.2. The van der Waals surface area contributed by atoms with Crippen LogP contribution in [0.1, 0.15) is 0 Å². The predicted molar refractivity (Wildman–Crippen MR) is 87.6 cm³/mol. The molecule has 2 rings (SSSR count). The van der Waals surface area contributed by atoms with E-state index in [2.05, 4.69) is 0 Å². The van der Waals surface area contributed by atoms with Gasteiger partial charge < -0.3 is 0 Å². The summed E-state index contributed by atoms with van der Waals surface area (Å²) >= 11 is 11.8. The number of urea groups is 1. The molecule has 2 amide bonds. The van der Waals surface area contributed by atoms with Gasteiger partial charge in [0.05, 0.1) is 26.3 Å². The zero-order valence-electron chi connectivity index (χ0n) is 11.4. The average Bonchev–Trinajstić information content (AvgIpc) is 2.50. The molecule has 0 unspecified atom stereocenters. The van der Waals surface area contributed by atoms with Crippen molar-refractivity contribution in [1.82, 2.24) is 5.43 Å². The molecule has 0 atom stereocenters. The molecule has 0 aliphatic heterocycles. The fourth-order valence-corrected chi connectivity index (χ4v) is 2.61. The Hall–Kier alpha value is -1.84. The Morgan fingerprint density at radius 3 is 2.09 bits per heavy atom. The van der Waals surface area contributed by atoms with Crippen LogP contribution in [-0.2, 0) is 10.1 Å². The first kappa shape index (κ1) is 17.5. The predicted octanol–water partition coefficient (Wildman–Crippen LogP) is 2.96. The van der Waals surface area contributed by atoms with Crippen LogP contribution in [0.3, 0.4) is 0 Å². The highest BCUT2D eigenvalue weighted by atomic mass is 35.5. The van der Waals surface area contributed by atoms with Crippen LogP contribution in [0.15, 0.2) is 47.4 Å². The summed E-state index contributed by atoms with van der Waals surface area (Å²) < 4.78 is 31.1. The zero-order chi connectivity index (χ0) is 17.2. The molecule has 0 saturated heterocycles. The Balaban J connectivity index is 2.51. The smallest absolute Gasteiger partial charge is 0.282 e. The van der Waals surface area contributed by atoms with Crippen LogP contribution in [0.5, 0.6) is 0 Å². The quantitative estimate of drug-likeness (QED) is 0.330. The minimum absolute atomic E-state index is 0.230. The van der Waals surface area contributed by atoms with Gasteiger partial charge in [-0.25, -0.2) is 10.6 Å². The molecule has 0 saturated carbocycles. The Morgan fingerprint density at radius 2 is 1.61 bits per heavy atom. The second-order valence-corrected chi connectivity index (χ2v) is 6.59. The van der Waals surface area contributed by atoms with Gasteiger partial charge >= 0.3 is 6.03 Å². The monoisotopic (exact) mass is 375 g/mol. The van der Waals surface area contributed by atoms with E-state index in [1.54, 1.807) is 6.07 Å². The maximum absolute atomic E-state index is 12.0. The van der Waals surface area contributed by atoms with Gasteiger partial charge in [-0.1, -0.05) is 23.2 Å². The van der Waals surface area contributed by atoms with Crippen LogP contribution < -0.4 is 16.2 Å². The van der Waals surface area contributed by atoms with Gasteiger partial charge in [-0.05, 0) is 42.5 Å². The molecule has 23 heavy (non-hydrogen) atoms. The number of rotatable bonds is 3. The first-order valence-corrected chi connectivity index (χ1v) is 8.27. The van der Waals surface area contributed by atoms with Crippen LogP contribution in [-0.4, -0.2) is 19.0 Å². The third kappa shape index (κ3) is 3.92. The maximum atomic E-state index is 12.0. The molecule has 10 heteroatoms. The first-order chi connectivity index (χ1) is 10.7. The van der Waals surface area contributed by atoms with E-state index in [0.29, 0.717) is 16.4 Å². The molecule has 4 N–H and O–H groups in total. The highest BCUT2D eigenvalue weighted by Gasteiger charge is 2.19.